The van der Waals surface area contributed by atoms with Crippen LogP contribution in [-0.4, -0.2) is 59.0 Å². The Kier molecular flexibility index (Phi) is 4.73. The number of anilines is 3. The summed E-state index contributed by atoms with van der Waals surface area (Å²) in [6.07, 6.45) is 5.65. The van der Waals surface area contributed by atoms with Crippen molar-refractivity contribution >= 4 is 34.1 Å². The van der Waals surface area contributed by atoms with Gasteiger partial charge in [-0.15, -0.1) is 0 Å². The van der Waals surface area contributed by atoms with Crippen molar-refractivity contribution in [1.29, 1.82) is 0 Å². The van der Waals surface area contributed by atoms with Crippen LogP contribution in [0.2, 0.25) is 0 Å². The molecule has 1 amide bonds. The molecule has 0 bridgehead atoms. The van der Waals surface area contributed by atoms with E-state index >= 15 is 0 Å². The van der Waals surface area contributed by atoms with Crippen molar-refractivity contribution in [3.05, 3.63) is 66.1 Å². The third kappa shape index (κ3) is 3.48. The summed E-state index contributed by atoms with van der Waals surface area (Å²) in [4.78, 5) is 29.9. The van der Waals surface area contributed by atoms with Gasteiger partial charge in [-0.05, 0) is 48.5 Å². The first-order chi connectivity index (χ1) is 16.2. The summed E-state index contributed by atoms with van der Waals surface area (Å²) >= 11 is 0. The highest BCUT2D eigenvalue weighted by molar-refractivity contribution is 6.07. The van der Waals surface area contributed by atoms with Gasteiger partial charge in [0.25, 0.3) is 5.91 Å². The average Bonchev–Trinajstić information content (AvgIpc) is 3.45. The summed E-state index contributed by atoms with van der Waals surface area (Å²) in [7, 11) is 2.15. The second-order valence-corrected chi connectivity index (χ2v) is 8.62. The Hall–Kier alpha value is -3.91. The molecule has 1 fully saturated rings. The topological polar surface area (TPSA) is 89.2 Å². The van der Waals surface area contributed by atoms with Crippen molar-refractivity contribution in [3.8, 4) is 11.1 Å². The van der Waals surface area contributed by atoms with Crippen LogP contribution in [0.15, 0.2) is 55.0 Å². The molecule has 4 aromatic rings. The number of aromatic amines is 1. The molecule has 8 nitrogen and oxygen atoms in total. The molecular formula is C25H25N7O. The first-order valence-electron chi connectivity index (χ1n) is 11.2. The molecule has 1 saturated heterocycles. The molecule has 6 rings (SSSR count). The van der Waals surface area contributed by atoms with Gasteiger partial charge in [0.05, 0.1) is 34.2 Å². The highest BCUT2D eigenvalue weighted by Gasteiger charge is 2.27. The zero-order chi connectivity index (χ0) is 22.4. The van der Waals surface area contributed by atoms with E-state index in [4.69, 9.17) is 0 Å². The van der Waals surface area contributed by atoms with Gasteiger partial charge in [0, 0.05) is 50.7 Å². The minimum absolute atomic E-state index is 0.0730. The summed E-state index contributed by atoms with van der Waals surface area (Å²) in [5, 5.41) is 6.34. The number of amides is 1. The summed E-state index contributed by atoms with van der Waals surface area (Å²) < 4.78 is 0. The summed E-state index contributed by atoms with van der Waals surface area (Å²) in [6.45, 7) is 4.61. The molecule has 0 saturated carbocycles. The number of piperazine rings is 1. The number of hydrogen-bond donors (Lipinski definition) is 3. The lowest BCUT2D eigenvalue weighted by Gasteiger charge is -2.33. The summed E-state index contributed by atoms with van der Waals surface area (Å²) in [5.74, 6) is 0.646. The van der Waals surface area contributed by atoms with E-state index in [1.807, 2.05) is 36.7 Å². The number of aromatic nitrogens is 3. The van der Waals surface area contributed by atoms with E-state index < -0.39 is 0 Å². The third-order valence-electron chi connectivity index (χ3n) is 6.57. The van der Waals surface area contributed by atoms with Crippen LogP contribution < -0.4 is 15.5 Å². The Morgan fingerprint density at radius 3 is 2.70 bits per heavy atom. The van der Waals surface area contributed by atoms with E-state index in [9.17, 15) is 4.79 Å². The minimum Gasteiger partial charge on any atom is -0.368 e. The van der Waals surface area contributed by atoms with E-state index in [0.717, 1.165) is 71.1 Å². The van der Waals surface area contributed by atoms with Crippen molar-refractivity contribution in [3.63, 3.8) is 0 Å². The van der Waals surface area contributed by atoms with E-state index in [1.165, 1.54) is 0 Å². The zero-order valence-corrected chi connectivity index (χ0v) is 18.4. The fourth-order valence-electron chi connectivity index (χ4n) is 4.71. The molecule has 1 aromatic carbocycles. The number of benzene rings is 1. The molecule has 5 heterocycles. The number of likely N-dealkylation sites (N-methyl/N-ethyl adjacent to an activating group) is 1. The molecular weight excluding hydrogens is 414 g/mol. The molecule has 3 aromatic heterocycles. The van der Waals surface area contributed by atoms with Crippen LogP contribution in [0, 0.1) is 0 Å². The lowest BCUT2D eigenvalue weighted by Crippen LogP contribution is -2.44. The van der Waals surface area contributed by atoms with Crippen LogP contribution in [0.1, 0.15) is 15.9 Å². The zero-order valence-electron chi connectivity index (χ0n) is 18.4. The van der Waals surface area contributed by atoms with E-state index in [0.29, 0.717) is 12.1 Å². The van der Waals surface area contributed by atoms with Crippen molar-refractivity contribution in [2.45, 2.75) is 6.54 Å². The van der Waals surface area contributed by atoms with Crippen molar-refractivity contribution in [2.24, 2.45) is 0 Å². The highest BCUT2D eigenvalue weighted by atomic mass is 16.1. The molecule has 0 aliphatic carbocycles. The van der Waals surface area contributed by atoms with Gasteiger partial charge in [0.1, 0.15) is 5.82 Å². The molecule has 3 N–H and O–H groups in total. The number of nitrogens with one attached hydrogen (secondary N) is 3. The van der Waals surface area contributed by atoms with Gasteiger partial charge < -0.3 is 25.4 Å². The number of H-pyrrole nitrogens is 1. The Bertz CT molecular complexity index is 1340. The molecule has 2 aliphatic heterocycles. The molecule has 33 heavy (non-hydrogen) atoms. The van der Waals surface area contributed by atoms with Gasteiger partial charge in [-0.25, -0.2) is 4.98 Å². The largest absolute Gasteiger partial charge is 0.368 e. The second-order valence-electron chi connectivity index (χ2n) is 8.62. The van der Waals surface area contributed by atoms with Gasteiger partial charge in [0.2, 0.25) is 0 Å². The predicted molar refractivity (Wildman–Crippen MR) is 130 cm³/mol. The second kappa shape index (κ2) is 7.90. The normalized spacial score (nSPS) is 16.2. The molecule has 2 aliphatic rings. The molecule has 0 spiro atoms. The number of carbonyl (C=O) groups excluding carboxylic acids is 1. The molecule has 0 atom stereocenters. The molecule has 0 unspecified atom stereocenters. The average molecular weight is 440 g/mol. The maximum absolute atomic E-state index is 12.7. The van der Waals surface area contributed by atoms with Crippen LogP contribution in [0.4, 0.5) is 17.2 Å². The highest BCUT2D eigenvalue weighted by Crippen LogP contribution is 2.37. The van der Waals surface area contributed by atoms with Crippen LogP contribution in [0.5, 0.6) is 0 Å². The van der Waals surface area contributed by atoms with E-state index in [2.05, 4.69) is 54.6 Å². The first kappa shape index (κ1) is 19.8. The van der Waals surface area contributed by atoms with Crippen LogP contribution in [0.3, 0.4) is 0 Å². The number of carbonyl (C=O) groups is 1. The van der Waals surface area contributed by atoms with Gasteiger partial charge in [-0.3, -0.25) is 9.78 Å². The fourth-order valence-corrected chi connectivity index (χ4v) is 4.71. The Morgan fingerprint density at radius 2 is 1.88 bits per heavy atom. The number of hydrogen-bond acceptors (Lipinski definition) is 6. The number of pyridine rings is 2. The Morgan fingerprint density at radius 1 is 1.00 bits per heavy atom. The third-order valence-corrected chi connectivity index (χ3v) is 6.57. The van der Waals surface area contributed by atoms with Crippen LogP contribution in [0.25, 0.3) is 22.2 Å². The van der Waals surface area contributed by atoms with Crippen molar-refractivity contribution < 1.29 is 4.79 Å². The first-order valence-corrected chi connectivity index (χ1v) is 11.2. The van der Waals surface area contributed by atoms with Gasteiger partial charge in [-0.1, -0.05) is 6.07 Å². The smallest absolute Gasteiger partial charge is 0.254 e. The van der Waals surface area contributed by atoms with E-state index in [1.54, 1.807) is 6.20 Å². The SMILES string of the molecule is CN1CCN(c2ccc(Nc3ccc(-c4c[nH]c5cccnc45)c4c3C(=O)NC4)nc2)CC1. The number of fused-ring (bicyclic) bond motifs is 2. The molecule has 0 radical (unpaired) electrons. The predicted octanol–water partition coefficient (Wildman–Crippen LogP) is 3.36. The monoisotopic (exact) mass is 439 g/mol. The fraction of sp³-hybridized carbons (Fsp3) is 0.240. The lowest BCUT2D eigenvalue weighted by molar-refractivity contribution is 0.0966. The minimum atomic E-state index is -0.0730. The van der Waals surface area contributed by atoms with Gasteiger partial charge >= 0.3 is 0 Å². The van der Waals surface area contributed by atoms with Gasteiger partial charge in [0.15, 0.2) is 0 Å². The summed E-state index contributed by atoms with van der Waals surface area (Å²) in [6, 6.07) is 12.0. The van der Waals surface area contributed by atoms with Crippen molar-refractivity contribution in [2.75, 3.05) is 43.4 Å². The number of rotatable bonds is 4. The van der Waals surface area contributed by atoms with Crippen LogP contribution in [-0.2, 0) is 6.54 Å². The van der Waals surface area contributed by atoms with E-state index in [-0.39, 0.29) is 5.91 Å². The molecule has 166 valence electrons. The maximum atomic E-state index is 12.7. The van der Waals surface area contributed by atoms with Crippen molar-refractivity contribution in [1.82, 2.24) is 25.2 Å². The summed E-state index contributed by atoms with van der Waals surface area (Å²) in [5.41, 5.74) is 7.42. The lowest BCUT2D eigenvalue weighted by atomic mass is 9.96. The number of nitrogens with zero attached hydrogens (tertiary/aromatic N) is 4. The molecule has 8 heteroatoms. The van der Waals surface area contributed by atoms with Crippen LogP contribution >= 0.6 is 0 Å². The standard InChI is InChI=1S/C25H25N7O/c1-31-9-11-32(12-10-31)16-4-7-22(28-13-16)30-20-6-5-17(18-14-29-25(33)23(18)20)19-15-27-21-3-2-8-26-24(19)21/h2-8,13,15,27H,9-12,14H2,1H3,(H,28,30)(H,29,33). The maximum Gasteiger partial charge on any atom is 0.254 e. The Balaban J connectivity index is 1.31. The Labute approximate surface area is 191 Å². The van der Waals surface area contributed by atoms with Gasteiger partial charge in [-0.2, -0.15) is 0 Å². The quantitative estimate of drug-likeness (QED) is 0.452.